The number of benzene rings is 2. The maximum Gasteiger partial charge on any atom is 0.264 e. The van der Waals surface area contributed by atoms with E-state index in [0.29, 0.717) is 30.5 Å². The van der Waals surface area contributed by atoms with Crippen LogP contribution >= 0.6 is 11.6 Å². The summed E-state index contributed by atoms with van der Waals surface area (Å²) < 4.78 is 34.8. The Morgan fingerprint density at radius 1 is 1.10 bits per heavy atom. The Labute approximate surface area is 254 Å². The lowest BCUT2D eigenvalue weighted by Crippen LogP contribution is -2.43. The number of aryl methyl sites for hydroxylation is 1. The molecule has 9 heteroatoms. The first kappa shape index (κ1) is 30.6. The smallest absolute Gasteiger partial charge is 0.264 e. The molecule has 7 nitrogen and oxygen atoms in total. The Bertz CT molecular complexity index is 1500. The molecule has 1 amide bonds. The van der Waals surface area contributed by atoms with Crippen molar-refractivity contribution >= 4 is 39.0 Å². The molecule has 1 N–H and O–H groups in total. The summed E-state index contributed by atoms with van der Waals surface area (Å²) in [6.07, 6.45) is 7.14. The van der Waals surface area contributed by atoms with E-state index in [1.165, 1.54) is 11.1 Å². The summed E-state index contributed by atoms with van der Waals surface area (Å²) in [7, 11) is -3.94. The number of ether oxygens (including phenoxy) is 1. The maximum absolute atomic E-state index is 13.3. The van der Waals surface area contributed by atoms with Gasteiger partial charge in [0.1, 0.15) is 5.75 Å². The minimum atomic E-state index is -3.94. The number of fused-ring (bicyclic) bond motifs is 2. The van der Waals surface area contributed by atoms with E-state index in [9.17, 15) is 18.0 Å². The lowest BCUT2D eigenvalue weighted by molar-refractivity contribution is -0.122. The zero-order chi connectivity index (χ0) is 30.2. The Kier molecular flexibility index (Phi) is 8.77. The Balaban J connectivity index is 1.55. The van der Waals surface area contributed by atoms with E-state index < -0.39 is 21.3 Å². The molecule has 1 saturated carbocycles. The molecule has 5 rings (SSSR count). The number of halogens is 1. The van der Waals surface area contributed by atoms with Gasteiger partial charge in [-0.15, -0.1) is 0 Å². The number of amides is 1. The molecule has 1 aliphatic carbocycles. The normalized spacial score (nSPS) is 28.0. The quantitative estimate of drug-likeness (QED) is 0.446. The van der Waals surface area contributed by atoms with Crippen molar-refractivity contribution in [2.75, 3.05) is 30.3 Å². The first-order valence-electron chi connectivity index (χ1n) is 14.9. The van der Waals surface area contributed by atoms with Crippen LogP contribution < -0.4 is 14.4 Å². The second-order valence-corrected chi connectivity index (χ2v) is 15.0. The molecule has 226 valence electrons. The van der Waals surface area contributed by atoms with Crippen LogP contribution in [0.4, 0.5) is 5.69 Å². The summed E-state index contributed by atoms with van der Waals surface area (Å²) in [5.41, 5.74) is 2.68. The third-order valence-electron chi connectivity index (χ3n) is 9.34. The molecule has 2 heterocycles. The molecule has 4 atom stereocenters. The highest BCUT2D eigenvalue weighted by Crippen LogP contribution is 2.42. The van der Waals surface area contributed by atoms with Crippen LogP contribution in [0.1, 0.15) is 74.4 Å². The van der Waals surface area contributed by atoms with E-state index in [1.54, 1.807) is 24.3 Å². The van der Waals surface area contributed by atoms with E-state index in [2.05, 4.69) is 22.6 Å². The molecule has 2 aromatic carbocycles. The molecule has 0 radical (unpaired) electrons. The number of anilines is 1. The van der Waals surface area contributed by atoms with Gasteiger partial charge in [0.05, 0.1) is 18.0 Å². The lowest BCUT2D eigenvalue weighted by atomic mass is 9.70. The SMILES string of the molecule is CCCc1cc(Cl)ccc1[C@@H]1COc2ccc3cc2N(C1)C[C@@H]1CC[C@H]1C(=O)/C=C/[C@H](C)C(C)(C)CS(=O)(=O)NC3=O. The minimum Gasteiger partial charge on any atom is -0.491 e. The van der Waals surface area contributed by atoms with Gasteiger partial charge in [0.25, 0.3) is 5.91 Å². The van der Waals surface area contributed by atoms with Crippen LogP contribution in [-0.2, 0) is 21.2 Å². The van der Waals surface area contributed by atoms with E-state index in [0.717, 1.165) is 31.4 Å². The molecule has 1 fully saturated rings. The Hall–Kier alpha value is -2.84. The predicted molar refractivity (Wildman–Crippen MR) is 167 cm³/mol. The van der Waals surface area contributed by atoms with Crippen molar-refractivity contribution in [2.45, 2.75) is 59.3 Å². The number of rotatable bonds is 3. The average molecular weight is 613 g/mol. The second-order valence-electron chi connectivity index (χ2n) is 12.9. The van der Waals surface area contributed by atoms with Crippen LogP contribution in [0.3, 0.4) is 0 Å². The van der Waals surface area contributed by atoms with E-state index in [1.807, 2.05) is 39.0 Å². The molecule has 0 unspecified atom stereocenters. The average Bonchev–Trinajstić information content (AvgIpc) is 3.07. The van der Waals surface area contributed by atoms with Crippen LogP contribution in [-0.4, -0.2) is 45.6 Å². The molecule has 2 aromatic rings. The highest BCUT2D eigenvalue weighted by Gasteiger charge is 2.39. The van der Waals surface area contributed by atoms with Gasteiger partial charge in [0.15, 0.2) is 5.78 Å². The Morgan fingerprint density at radius 2 is 1.88 bits per heavy atom. The standard InChI is InChI=1S/C33H41ClN2O5S/c1-5-6-22-15-26(34)10-12-27(22)25-18-36-17-24-8-11-28(24)30(37)13-7-21(2)33(3,4)20-42(39,40)35-32(38)23-9-14-31(41-19-25)29(36)16-23/h7,9-10,12-16,21,24-25,28H,5-6,8,11,17-20H2,1-4H3,(H,35,38)/b13-7+/t21-,24-,25-,28+/m0/s1. The van der Waals surface area contributed by atoms with Gasteiger partial charge in [0.2, 0.25) is 10.0 Å². The molecule has 0 spiro atoms. The fourth-order valence-corrected chi connectivity index (χ4v) is 8.29. The van der Waals surface area contributed by atoms with Crippen molar-refractivity contribution in [1.82, 2.24) is 4.72 Å². The second kappa shape index (κ2) is 12.0. The zero-order valence-electron chi connectivity index (χ0n) is 24.9. The summed E-state index contributed by atoms with van der Waals surface area (Å²) in [5.74, 6) is -0.245. The van der Waals surface area contributed by atoms with Crippen molar-refractivity contribution in [2.24, 2.45) is 23.2 Å². The van der Waals surface area contributed by atoms with Gasteiger partial charge < -0.3 is 9.64 Å². The van der Waals surface area contributed by atoms with Gasteiger partial charge in [-0.25, -0.2) is 13.1 Å². The molecule has 0 saturated heterocycles. The number of ketones is 1. The molecule has 42 heavy (non-hydrogen) atoms. The van der Waals surface area contributed by atoms with Crippen molar-refractivity contribution in [3.8, 4) is 5.75 Å². The molecular weight excluding hydrogens is 572 g/mol. The van der Waals surface area contributed by atoms with Crippen LogP contribution in [0.5, 0.6) is 5.75 Å². The summed E-state index contributed by atoms with van der Waals surface area (Å²) >= 11 is 6.36. The summed E-state index contributed by atoms with van der Waals surface area (Å²) in [4.78, 5) is 28.8. The fourth-order valence-electron chi connectivity index (χ4n) is 6.38. The van der Waals surface area contributed by atoms with Crippen LogP contribution in [0.25, 0.3) is 0 Å². The van der Waals surface area contributed by atoms with Gasteiger partial charge in [-0.1, -0.05) is 57.9 Å². The van der Waals surface area contributed by atoms with Crippen LogP contribution in [0, 0.1) is 23.2 Å². The van der Waals surface area contributed by atoms with Gasteiger partial charge in [-0.3, -0.25) is 9.59 Å². The van der Waals surface area contributed by atoms with Crippen LogP contribution in [0.2, 0.25) is 5.02 Å². The first-order valence-corrected chi connectivity index (χ1v) is 17.0. The van der Waals surface area contributed by atoms with Crippen LogP contribution in [0.15, 0.2) is 48.6 Å². The monoisotopic (exact) mass is 612 g/mol. The molecule has 2 bridgehead atoms. The van der Waals surface area contributed by atoms with Gasteiger partial charge in [-0.2, -0.15) is 0 Å². The highest BCUT2D eigenvalue weighted by atomic mass is 35.5. The maximum atomic E-state index is 13.3. The number of sulfonamides is 1. The number of hydrogen-bond acceptors (Lipinski definition) is 6. The molecular formula is C33H41ClN2O5S. The highest BCUT2D eigenvalue weighted by molar-refractivity contribution is 7.90. The van der Waals surface area contributed by atoms with Gasteiger partial charge in [-0.05, 0) is 84.0 Å². The Morgan fingerprint density at radius 3 is 2.60 bits per heavy atom. The fraction of sp³-hybridized carbons (Fsp3) is 0.515. The number of nitrogens with one attached hydrogen (secondary N) is 1. The van der Waals surface area contributed by atoms with Crippen molar-refractivity contribution < 1.29 is 22.7 Å². The topological polar surface area (TPSA) is 92.8 Å². The van der Waals surface area contributed by atoms with Gasteiger partial charge in [0, 0.05) is 35.5 Å². The zero-order valence-corrected chi connectivity index (χ0v) is 26.4. The number of nitrogens with zero attached hydrogens (tertiary/aromatic N) is 1. The first-order chi connectivity index (χ1) is 19.9. The lowest BCUT2D eigenvalue weighted by Gasteiger charge is -2.40. The number of allylic oxidation sites excluding steroid dienone is 2. The molecule has 2 aliphatic heterocycles. The molecule has 3 aliphatic rings. The number of hydrogen-bond donors (Lipinski definition) is 1. The largest absolute Gasteiger partial charge is 0.491 e. The van der Waals surface area contributed by atoms with Crippen molar-refractivity contribution in [3.63, 3.8) is 0 Å². The van der Waals surface area contributed by atoms with Crippen molar-refractivity contribution in [3.05, 3.63) is 70.3 Å². The summed E-state index contributed by atoms with van der Waals surface area (Å²) in [5, 5.41) is 0.706. The third kappa shape index (κ3) is 6.55. The van der Waals surface area contributed by atoms with Gasteiger partial charge >= 0.3 is 0 Å². The van der Waals surface area contributed by atoms with E-state index in [-0.39, 0.29) is 40.8 Å². The van der Waals surface area contributed by atoms with Crippen molar-refractivity contribution in [1.29, 1.82) is 0 Å². The third-order valence-corrected chi connectivity index (χ3v) is 11.2. The van der Waals surface area contributed by atoms with E-state index in [4.69, 9.17) is 16.3 Å². The number of carbonyl (C=O) groups excluding carboxylic acids is 2. The summed E-state index contributed by atoms with van der Waals surface area (Å²) in [6, 6.07) is 11.1. The summed E-state index contributed by atoms with van der Waals surface area (Å²) in [6.45, 7) is 9.45. The minimum absolute atomic E-state index is 0.0386. The number of carbonyl (C=O) groups is 2. The predicted octanol–water partition coefficient (Wildman–Crippen LogP) is 6.16. The molecule has 0 aromatic heterocycles. The van der Waals surface area contributed by atoms with E-state index >= 15 is 0 Å².